The number of halogens is 3. The quantitative estimate of drug-likeness (QED) is 0.691. The van der Waals surface area contributed by atoms with E-state index in [1.807, 2.05) is 0 Å². The van der Waals surface area contributed by atoms with E-state index in [2.05, 4.69) is 14.7 Å². The van der Waals surface area contributed by atoms with Crippen LogP contribution in [0.4, 0.5) is 13.2 Å². The molecule has 0 unspecified atom stereocenters. The van der Waals surface area contributed by atoms with Crippen LogP contribution in [0.1, 0.15) is 11.4 Å². The van der Waals surface area contributed by atoms with Crippen molar-refractivity contribution < 1.29 is 17.9 Å². The summed E-state index contributed by atoms with van der Waals surface area (Å²) in [5.41, 5.74) is -1.58. The van der Waals surface area contributed by atoms with Gasteiger partial charge in [0.15, 0.2) is 5.69 Å². The van der Waals surface area contributed by atoms with Gasteiger partial charge in [-0.25, -0.2) is 0 Å². The molecule has 0 fully saturated rings. The van der Waals surface area contributed by atoms with Gasteiger partial charge in [-0.2, -0.15) is 28.4 Å². The first-order valence-corrected chi connectivity index (χ1v) is 3.37. The lowest BCUT2D eigenvalue weighted by Gasteiger charge is -2.06. The second-order valence-corrected chi connectivity index (χ2v) is 2.23. The van der Waals surface area contributed by atoms with Gasteiger partial charge in [0.2, 0.25) is 0 Å². The van der Waals surface area contributed by atoms with Crippen molar-refractivity contribution in [1.82, 2.24) is 9.97 Å². The number of nitrogens with zero attached hydrogens (tertiary/aromatic N) is 3. The third kappa shape index (κ3) is 2.10. The summed E-state index contributed by atoms with van der Waals surface area (Å²) in [7, 11) is 1.12. The fraction of sp³-hybridized carbons (Fsp3) is 0.286. The van der Waals surface area contributed by atoms with Crippen molar-refractivity contribution in [1.29, 1.82) is 5.26 Å². The first kappa shape index (κ1) is 10.2. The van der Waals surface area contributed by atoms with E-state index in [1.165, 1.54) is 6.07 Å². The summed E-state index contributed by atoms with van der Waals surface area (Å²) >= 11 is 0. The Morgan fingerprint density at radius 3 is 2.50 bits per heavy atom. The van der Waals surface area contributed by atoms with Gasteiger partial charge in [0.25, 0.3) is 0 Å². The SMILES string of the molecule is COc1nc(C#N)cc(C(F)(F)F)n1. The van der Waals surface area contributed by atoms with Gasteiger partial charge in [-0.1, -0.05) is 0 Å². The van der Waals surface area contributed by atoms with Gasteiger partial charge in [0.1, 0.15) is 11.8 Å². The van der Waals surface area contributed by atoms with E-state index >= 15 is 0 Å². The zero-order valence-electron chi connectivity index (χ0n) is 6.96. The van der Waals surface area contributed by atoms with Crippen molar-refractivity contribution in [3.05, 3.63) is 17.5 Å². The summed E-state index contributed by atoms with van der Waals surface area (Å²) in [6.45, 7) is 0. The Labute approximate surface area is 77.0 Å². The highest BCUT2D eigenvalue weighted by molar-refractivity contribution is 5.25. The molecule has 0 bridgehead atoms. The topological polar surface area (TPSA) is 58.8 Å². The van der Waals surface area contributed by atoms with E-state index in [0.717, 1.165) is 7.11 Å². The fourth-order valence-electron chi connectivity index (χ4n) is 0.719. The van der Waals surface area contributed by atoms with Crippen LogP contribution in [0.5, 0.6) is 6.01 Å². The smallest absolute Gasteiger partial charge is 0.433 e. The van der Waals surface area contributed by atoms with Crippen LogP contribution in [0.2, 0.25) is 0 Å². The van der Waals surface area contributed by atoms with E-state index in [-0.39, 0.29) is 5.69 Å². The number of methoxy groups -OCH3 is 1. The molecule has 0 atom stereocenters. The predicted octanol–water partition coefficient (Wildman–Crippen LogP) is 1.38. The monoisotopic (exact) mass is 203 g/mol. The van der Waals surface area contributed by atoms with Gasteiger partial charge in [-0.15, -0.1) is 0 Å². The molecule has 0 saturated carbocycles. The molecule has 0 aromatic carbocycles. The van der Waals surface area contributed by atoms with Gasteiger partial charge in [-0.3, -0.25) is 0 Å². The van der Waals surface area contributed by atoms with Crippen LogP contribution in [0.3, 0.4) is 0 Å². The first-order chi connectivity index (χ1) is 6.47. The number of nitriles is 1. The lowest BCUT2D eigenvalue weighted by atomic mass is 10.3. The number of hydrogen-bond donors (Lipinski definition) is 0. The molecule has 0 saturated heterocycles. The molecule has 74 valence electrons. The summed E-state index contributed by atoms with van der Waals surface area (Å²) in [4.78, 5) is 6.45. The summed E-state index contributed by atoms with van der Waals surface area (Å²) < 4.78 is 40.9. The maximum atomic E-state index is 12.2. The van der Waals surface area contributed by atoms with E-state index in [4.69, 9.17) is 5.26 Å². The number of alkyl halides is 3. The first-order valence-electron chi connectivity index (χ1n) is 3.37. The van der Waals surface area contributed by atoms with Gasteiger partial charge < -0.3 is 4.74 Å². The van der Waals surface area contributed by atoms with Crippen molar-refractivity contribution in [2.75, 3.05) is 7.11 Å². The largest absolute Gasteiger partial charge is 0.467 e. The Bertz CT molecular complexity index is 383. The zero-order valence-corrected chi connectivity index (χ0v) is 6.96. The second-order valence-electron chi connectivity index (χ2n) is 2.23. The van der Waals surface area contributed by atoms with Crippen molar-refractivity contribution in [2.45, 2.75) is 6.18 Å². The second kappa shape index (κ2) is 3.49. The molecular formula is C7H4F3N3O. The van der Waals surface area contributed by atoms with E-state index < -0.39 is 17.9 Å². The normalized spacial score (nSPS) is 10.8. The standard InChI is InChI=1S/C7H4F3N3O/c1-14-6-12-4(3-11)2-5(13-6)7(8,9)10/h2H,1H3. The van der Waals surface area contributed by atoms with Crippen molar-refractivity contribution >= 4 is 0 Å². The molecule has 0 amide bonds. The highest BCUT2D eigenvalue weighted by atomic mass is 19.4. The maximum absolute atomic E-state index is 12.2. The molecule has 7 heteroatoms. The Morgan fingerprint density at radius 2 is 2.07 bits per heavy atom. The lowest BCUT2D eigenvalue weighted by molar-refractivity contribution is -0.141. The number of rotatable bonds is 1. The predicted molar refractivity (Wildman–Crippen MR) is 38.3 cm³/mol. The van der Waals surface area contributed by atoms with Crippen molar-refractivity contribution in [2.24, 2.45) is 0 Å². The highest BCUT2D eigenvalue weighted by Gasteiger charge is 2.33. The Balaban J connectivity index is 3.26. The summed E-state index contributed by atoms with van der Waals surface area (Å²) in [5, 5.41) is 8.38. The molecule has 4 nitrogen and oxygen atoms in total. The van der Waals surface area contributed by atoms with Crippen molar-refractivity contribution in [3.63, 3.8) is 0 Å². The Morgan fingerprint density at radius 1 is 1.43 bits per heavy atom. The maximum Gasteiger partial charge on any atom is 0.433 e. The minimum Gasteiger partial charge on any atom is -0.467 e. The average Bonchev–Trinajstić information content (AvgIpc) is 2.15. The molecule has 1 heterocycles. The van der Waals surface area contributed by atoms with Crippen LogP contribution in [0, 0.1) is 11.3 Å². The summed E-state index contributed by atoms with van der Waals surface area (Å²) in [6, 6.07) is 1.57. The van der Waals surface area contributed by atoms with E-state index in [9.17, 15) is 13.2 Å². The lowest BCUT2D eigenvalue weighted by Crippen LogP contribution is -2.10. The molecule has 0 aliphatic carbocycles. The van der Waals surface area contributed by atoms with Gasteiger partial charge in [-0.05, 0) is 0 Å². The average molecular weight is 203 g/mol. The molecular weight excluding hydrogens is 199 g/mol. The third-order valence-corrected chi connectivity index (χ3v) is 1.29. The number of aromatic nitrogens is 2. The number of ether oxygens (including phenoxy) is 1. The molecule has 0 N–H and O–H groups in total. The fourth-order valence-corrected chi connectivity index (χ4v) is 0.719. The molecule has 0 aliphatic rings. The van der Waals surface area contributed by atoms with Crippen LogP contribution in [-0.4, -0.2) is 17.1 Å². The molecule has 14 heavy (non-hydrogen) atoms. The Hall–Kier alpha value is -1.84. The van der Waals surface area contributed by atoms with Gasteiger partial charge >= 0.3 is 12.2 Å². The zero-order chi connectivity index (χ0) is 10.8. The summed E-state index contributed by atoms with van der Waals surface area (Å²) in [5.74, 6) is 0. The molecule has 1 rings (SSSR count). The molecule has 0 radical (unpaired) electrons. The highest BCUT2D eigenvalue weighted by Crippen LogP contribution is 2.28. The van der Waals surface area contributed by atoms with Gasteiger partial charge in [0, 0.05) is 6.07 Å². The van der Waals surface area contributed by atoms with Crippen molar-refractivity contribution in [3.8, 4) is 12.1 Å². The van der Waals surface area contributed by atoms with E-state index in [1.54, 1.807) is 0 Å². The molecule has 1 aromatic heterocycles. The number of hydrogen-bond acceptors (Lipinski definition) is 4. The molecule has 0 aliphatic heterocycles. The summed E-state index contributed by atoms with van der Waals surface area (Å²) in [6.07, 6.45) is -4.61. The van der Waals surface area contributed by atoms with Crippen LogP contribution in [0.25, 0.3) is 0 Å². The van der Waals surface area contributed by atoms with Crippen LogP contribution < -0.4 is 4.74 Å². The third-order valence-electron chi connectivity index (χ3n) is 1.29. The molecule has 1 aromatic rings. The Kier molecular flexibility index (Phi) is 2.56. The van der Waals surface area contributed by atoms with Crippen LogP contribution >= 0.6 is 0 Å². The van der Waals surface area contributed by atoms with Gasteiger partial charge in [0.05, 0.1) is 7.11 Å². The minimum absolute atomic E-state index is 0.385. The van der Waals surface area contributed by atoms with Crippen LogP contribution in [0.15, 0.2) is 6.07 Å². The molecule has 0 spiro atoms. The van der Waals surface area contributed by atoms with Crippen LogP contribution in [-0.2, 0) is 6.18 Å². The van der Waals surface area contributed by atoms with E-state index in [0.29, 0.717) is 6.07 Å². The minimum atomic E-state index is -4.61.